The Morgan fingerprint density at radius 2 is 1.72 bits per heavy atom. The number of rotatable bonds is 2. The Morgan fingerprint density at radius 3 is 2.39 bits per heavy atom. The van der Waals surface area contributed by atoms with Crippen molar-refractivity contribution in [2.24, 2.45) is 10.3 Å². The highest BCUT2D eigenvalue weighted by atomic mass is 15.6. The minimum atomic E-state index is 0.659. The highest BCUT2D eigenvalue weighted by Crippen LogP contribution is 2.27. The molecule has 2 saturated heterocycles. The van der Waals surface area contributed by atoms with Crippen LogP contribution in [0, 0.1) is 0 Å². The van der Waals surface area contributed by atoms with Crippen molar-refractivity contribution < 1.29 is 0 Å². The van der Waals surface area contributed by atoms with Crippen LogP contribution in [0.1, 0.15) is 19.3 Å². The van der Waals surface area contributed by atoms with Crippen molar-refractivity contribution in [1.82, 2.24) is 9.91 Å². The molecule has 0 radical (unpaired) electrons. The summed E-state index contributed by atoms with van der Waals surface area (Å²) in [5, 5.41) is 10.9. The smallest absolute Gasteiger partial charge is 0.0874 e. The van der Waals surface area contributed by atoms with E-state index in [2.05, 4.69) is 27.3 Å². The zero-order valence-corrected chi connectivity index (χ0v) is 10.9. The molecule has 2 atom stereocenters. The molecule has 0 N–H and O–H groups in total. The minimum Gasteiger partial charge on any atom is -0.297 e. The molecule has 2 unspecified atom stereocenters. The monoisotopic (exact) mass is 244 g/mol. The average molecular weight is 244 g/mol. The van der Waals surface area contributed by atoms with Gasteiger partial charge in [0.2, 0.25) is 0 Å². The number of nitrogens with zero attached hydrogens (tertiary/aromatic N) is 4. The van der Waals surface area contributed by atoms with Crippen LogP contribution in [0.5, 0.6) is 0 Å². The lowest BCUT2D eigenvalue weighted by Gasteiger charge is -2.47. The number of piperazine rings is 1. The third-order valence-electron chi connectivity index (χ3n) is 4.11. The summed E-state index contributed by atoms with van der Waals surface area (Å²) in [6.07, 6.45) is 3.96. The van der Waals surface area contributed by atoms with Gasteiger partial charge >= 0.3 is 0 Å². The van der Waals surface area contributed by atoms with Gasteiger partial charge in [0.05, 0.1) is 18.8 Å². The summed E-state index contributed by atoms with van der Waals surface area (Å²) in [5.41, 5.74) is 0.932. The van der Waals surface area contributed by atoms with Crippen molar-refractivity contribution in [2.75, 3.05) is 20.1 Å². The number of fused-ring (bicyclic) bond motifs is 2. The number of hydrogen-bond donors (Lipinski definition) is 0. The number of hydrogen-bond acceptors (Lipinski definition) is 3. The summed E-state index contributed by atoms with van der Waals surface area (Å²) in [4.78, 5) is 2.53. The van der Waals surface area contributed by atoms with E-state index in [0.29, 0.717) is 12.1 Å². The molecule has 18 heavy (non-hydrogen) atoms. The summed E-state index contributed by atoms with van der Waals surface area (Å²) >= 11 is 0. The van der Waals surface area contributed by atoms with Crippen LogP contribution < -0.4 is 0 Å². The van der Waals surface area contributed by atoms with Crippen LogP contribution in [-0.2, 0) is 0 Å². The Balaban J connectivity index is 1.66. The maximum Gasteiger partial charge on any atom is 0.0874 e. The molecule has 2 fully saturated rings. The van der Waals surface area contributed by atoms with Gasteiger partial charge in [0.1, 0.15) is 0 Å². The standard InChI is InChI=1S/C14H20N4/c1-17-13-8-5-9-14(17)11-18(10-13)16-15-12-6-3-2-4-7-12/h2-4,6-7,13-14H,5,8-11H2,1H3. The van der Waals surface area contributed by atoms with Gasteiger partial charge in [-0.2, -0.15) is 0 Å². The van der Waals surface area contributed by atoms with E-state index in [9.17, 15) is 0 Å². The molecule has 0 aliphatic carbocycles. The Hall–Kier alpha value is -1.42. The van der Waals surface area contributed by atoms with Gasteiger partial charge in [-0.05, 0) is 32.0 Å². The molecule has 96 valence electrons. The van der Waals surface area contributed by atoms with Crippen LogP contribution in [0.15, 0.2) is 40.7 Å². The molecule has 3 rings (SSSR count). The second-order valence-corrected chi connectivity index (χ2v) is 5.30. The molecule has 2 aliphatic heterocycles. The lowest BCUT2D eigenvalue weighted by atomic mass is 9.93. The van der Waals surface area contributed by atoms with E-state index in [-0.39, 0.29) is 0 Å². The van der Waals surface area contributed by atoms with Crippen molar-refractivity contribution in [3.8, 4) is 0 Å². The first-order valence-electron chi connectivity index (χ1n) is 6.76. The Morgan fingerprint density at radius 1 is 1.06 bits per heavy atom. The van der Waals surface area contributed by atoms with Gasteiger partial charge in [-0.25, -0.2) is 0 Å². The highest BCUT2D eigenvalue weighted by molar-refractivity contribution is 5.34. The van der Waals surface area contributed by atoms with Gasteiger partial charge in [-0.1, -0.05) is 29.8 Å². The van der Waals surface area contributed by atoms with Gasteiger partial charge in [-0.15, -0.1) is 5.11 Å². The van der Waals surface area contributed by atoms with Crippen LogP contribution in [0.25, 0.3) is 0 Å². The summed E-state index contributed by atoms with van der Waals surface area (Å²) in [5.74, 6) is 0. The summed E-state index contributed by atoms with van der Waals surface area (Å²) in [6.45, 7) is 2.03. The molecule has 2 aliphatic rings. The first-order chi connectivity index (χ1) is 8.83. The van der Waals surface area contributed by atoms with Crippen molar-refractivity contribution in [3.05, 3.63) is 30.3 Å². The van der Waals surface area contributed by atoms with E-state index < -0.39 is 0 Å². The molecule has 0 spiro atoms. The summed E-state index contributed by atoms with van der Waals surface area (Å²) in [6, 6.07) is 11.3. The van der Waals surface area contributed by atoms with E-state index in [1.165, 1.54) is 19.3 Å². The molecule has 2 heterocycles. The molecule has 0 saturated carbocycles. The van der Waals surface area contributed by atoms with E-state index in [0.717, 1.165) is 18.8 Å². The van der Waals surface area contributed by atoms with Crippen molar-refractivity contribution in [2.45, 2.75) is 31.3 Å². The molecule has 1 aromatic carbocycles. The first-order valence-corrected chi connectivity index (χ1v) is 6.76. The predicted molar refractivity (Wildman–Crippen MR) is 71.7 cm³/mol. The molecule has 4 heteroatoms. The lowest BCUT2D eigenvalue weighted by Crippen LogP contribution is -2.57. The number of likely N-dealkylation sites (N-methyl/N-ethyl adjacent to an activating group) is 1. The van der Waals surface area contributed by atoms with Crippen LogP contribution in [0.3, 0.4) is 0 Å². The quantitative estimate of drug-likeness (QED) is 0.749. The van der Waals surface area contributed by atoms with E-state index in [4.69, 9.17) is 0 Å². The van der Waals surface area contributed by atoms with E-state index in [1.54, 1.807) is 0 Å². The third-order valence-corrected chi connectivity index (χ3v) is 4.11. The Kier molecular flexibility index (Phi) is 3.28. The molecule has 1 aromatic rings. The van der Waals surface area contributed by atoms with Crippen LogP contribution in [0.4, 0.5) is 5.69 Å². The Bertz CT molecular complexity index is 403. The topological polar surface area (TPSA) is 31.2 Å². The van der Waals surface area contributed by atoms with Crippen LogP contribution in [0.2, 0.25) is 0 Å². The summed E-state index contributed by atoms with van der Waals surface area (Å²) < 4.78 is 0. The minimum absolute atomic E-state index is 0.659. The van der Waals surface area contributed by atoms with Gasteiger partial charge in [-0.3, -0.25) is 9.91 Å². The van der Waals surface area contributed by atoms with Crippen LogP contribution >= 0.6 is 0 Å². The molecule has 4 nitrogen and oxygen atoms in total. The lowest BCUT2D eigenvalue weighted by molar-refractivity contribution is 0.00759. The van der Waals surface area contributed by atoms with Gasteiger partial charge in [0, 0.05) is 12.1 Å². The molecular formula is C14H20N4. The fourth-order valence-electron chi connectivity index (χ4n) is 2.98. The average Bonchev–Trinajstić information content (AvgIpc) is 2.38. The fraction of sp³-hybridized carbons (Fsp3) is 0.571. The van der Waals surface area contributed by atoms with E-state index >= 15 is 0 Å². The van der Waals surface area contributed by atoms with Crippen molar-refractivity contribution in [1.29, 1.82) is 0 Å². The number of benzene rings is 1. The van der Waals surface area contributed by atoms with Gasteiger partial charge in [0.25, 0.3) is 0 Å². The molecule has 2 bridgehead atoms. The fourth-order valence-corrected chi connectivity index (χ4v) is 2.98. The van der Waals surface area contributed by atoms with Crippen molar-refractivity contribution >= 4 is 5.69 Å². The molecule has 0 aromatic heterocycles. The molecule has 0 amide bonds. The summed E-state index contributed by atoms with van der Waals surface area (Å²) in [7, 11) is 2.25. The van der Waals surface area contributed by atoms with Gasteiger partial charge < -0.3 is 0 Å². The maximum absolute atomic E-state index is 4.40. The van der Waals surface area contributed by atoms with Crippen LogP contribution in [-0.4, -0.2) is 42.1 Å². The van der Waals surface area contributed by atoms with Crippen molar-refractivity contribution in [3.63, 3.8) is 0 Å². The second kappa shape index (κ2) is 5.06. The highest BCUT2D eigenvalue weighted by Gasteiger charge is 2.34. The number of piperidine rings is 1. The Labute approximate surface area is 108 Å². The predicted octanol–water partition coefficient (Wildman–Crippen LogP) is 2.85. The largest absolute Gasteiger partial charge is 0.297 e. The first kappa shape index (κ1) is 11.7. The normalized spacial score (nSPS) is 28.8. The molecular weight excluding hydrogens is 224 g/mol. The van der Waals surface area contributed by atoms with Gasteiger partial charge in [0.15, 0.2) is 0 Å². The SMILES string of the molecule is CN1C2CCCC1CN(N=Nc1ccccc1)C2. The third kappa shape index (κ3) is 2.38. The zero-order chi connectivity index (χ0) is 12.4. The van der Waals surface area contributed by atoms with E-state index in [1.807, 2.05) is 30.3 Å². The zero-order valence-electron chi connectivity index (χ0n) is 10.9. The second-order valence-electron chi connectivity index (χ2n) is 5.30. The maximum atomic E-state index is 4.40.